The van der Waals surface area contributed by atoms with Crippen molar-refractivity contribution < 1.29 is 28.3 Å². The predicted molar refractivity (Wildman–Crippen MR) is 158 cm³/mol. The minimum absolute atomic E-state index is 0.0290. The lowest BCUT2D eigenvalue weighted by molar-refractivity contribution is -0.767. The van der Waals surface area contributed by atoms with Gasteiger partial charge in [-0.2, -0.15) is 5.21 Å². The first-order chi connectivity index (χ1) is 21.7. The van der Waals surface area contributed by atoms with Gasteiger partial charge in [0.25, 0.3) is 5.09 Å². The van der Waals surface area contributed by atoms with E-state index in [1.807, 2.05) is 55.5 Å². The number of rotatable bonds is 14. The topological polar surface area (TPSA) is 194 Å². The molecular weight excluding hydrogens is 610 g/mol. The van der Waals surface area contributed by atoms with E-state index < -0.39 is 29.6 Å². The molecule has 3 heterocycles. The third-order valence-electron chi connectivity index (χ3n) is 6.87. The van der Waals surface area contributed by atoms with E-state index in [4.69, 9.17) is 25.2 Å². The van der Waals surface area contributed by atoms with Crippen LogP contribution in [0.25, 0.3) is 22.5 Å². The predicted octanol–water partition coefficient (Wildman–Crippen LogP) is 4.82. The number of hydrogen-bond acceptors (Lipinski definition) is 12. The first-order valence-corrected chi connectivity index (χ1v) is 14.4. The zero-order chi connectivity index (χ0) is 31.9. The molecule has 0 bridgehead atoms. The molecule has 2 aromatic carbocycles. The van der Waals surface area contributed by atoms with E-state index in [0.717, 1.165) is 35.1 Å². The average Bonchev–Trinajstić information content (AvgIpc) is 3.74. The molecule has 3 aromatic heterocycles. The fraction of sp³-hybridized carbons (Fsp3) is 0.310. The van der Waals surface area contributed by atoms with Crippen molar-refractivity contribution in [1.82, 2.24) is 30.2 Å². The van der Waals surface area contributed by atoms with Crippen molar-refractivity contribution in [3.8, 4) is 22.5 Å². The molecular formula is C29H28ClN7O8. The first-order valence-electron chi connectivity index (χ1n) is 14.0. The van der Waals surface area contributed by atoms with Crippen molar-refractivity contribution in [3.05, 3.63) is 103 Å². The third kappa shape index (κ3) is 7.44. The van der Waals surface area contributed by atoms with Crippen LogP contribution >= 0.6 is 11.6 Å². The Morgan fingerprint density at radius 1 is 1.13 bits per heavy atom. The van der Waals surface area contributed by atoms with Crippen LogP contribution in [0.3, 0.4) is 0 Å². The van der Waals surface area contributed by atoms with E-state index in [1.54, 1.807) is 4.57 Å². The lowest BCUT2D eigenvalue weighted by Crippen LogP contribution is -2.17. The number of ether oxygens (including phenoxy) is 1. The van der Waals surface area contributed by atoms with Crippen LogP contribution in [-0.4, -0.2) is 47.3 Å². The van der Waals surface area contributed by atoms with E-state index in [1.165, 1.54) is 6.92 Å². The van der Waals surface area contributed by atoms with Crippen molar-refractivity contribution in [1.29, 1.82) is 0 Å². The van der Waals surface area contributed by atoms with Gasteiger partial charge in [0.1, 0.15) is 11.9 Å². The number of H-pyrrole nitrogens is 1. The zero-order valence-corrected chi connectivity index (χ0v) is 25.0. The maximum atomic E-state index is 13.4. The number of hydrogen-bond donors (Lipinski definition) is 1. The Balaban J connectivity index is 1.37. The number of nitrogens with zero attached hydrogens (tertiary/aromatic N) is 6. The molecule has 15 nitrogen and oxygen atoms in total. The zero-order valence-electron chi connectivity index (χ0n) is 24.3. The van der Waals surface area contributed by atoms with E-state index in [0.29, 0.717) is 18.1 Å². The number of aryl methyl sites for hydroxylation is 1. The van der Waals surface area contributed by atoms with Gasteiger partial charge in [-0.05, 0) is 35.2 Å². The standard InChI is InChI=1S/C29H28ClN7O8/c1-3-4-9-24-31-26(30)25(28(38)42-16-23-22(43-29(39)44-23)14-17(2)45-37(40)41)36(24)15-18-10-12-19(13-11-18)20-7-5-6-8-21(20)27-32-34-35-33-27/h5-8,10-13,17H,3-4,9,14-16H2,1-2H3,(H,32,33,34,35)/t17-/m0/s1. The molecule has 0 spiro atoms. The van der Waals surface area contributed by atoms with Crippen LogP contribution in [0, 0.1) is 10.1 Å². The molecule has 1 N–H and O–H groups in total. The summed E-state index contributed by atoms with van der Waals surface area (Å²) in [7, 11) is 0. The minimum atomic E-state index is -1.04. The molecule has 1 atom stereocenters. The summed E-state index contributed by atoms with van der Waals surface area (Å²) in [6, 6.07) is 15.5. The number of aromatic nitrogens is 6. The molecule has 5 aromatic rings. The van der Waals surface area contributed by atoms with Gasteiger partial charge < -0.3 is 23.0 Å². The smallest absolute Gasteiger partial charge is 0.453 e. The van der Waals surface area contributed by atoms with Gasteiger partial charge in [-0.3, -0.25) is 0 Å². The van der Waals surface area contributed by atoms with Crippen LogP contribution in [-0.2, 0) is 35.6 Å². The summed E-state index contributed by atoms with van der Waals surface area (Å²) in [5.41, 5.74) is 3.59. The lowest BCUT2D eigenvalue weighted by Gasteiger charge is -2.13. The van der Waals surface area contributed by atoms with Gasteiger partial charge >= 0.3 is 11.8 Å². The van der Waals surface area contributed by atoms with Crippen molar-refractivity contribution >= 4 is 17.6 Å². The number of halogens is 1. The molecule has 0 amide bonds. The molecule has 0 aliphatic carbocycles. The highest BCUT2D eigenvalue weighted by Gasteiger charge is 2.26. The number of carbonyl (C=O) groups excluding carboxylic acids is 1. The second-order valence-electron chi connectivity index (χ2n) is 10.1. The molecule has 0 aliphatic rings. The van der Waals surface area contributed by atoms with Crippen LogP contribution in [0.5, 0.6) is 0 Å². The minimum Gasteiger partial charge on any atom is -0.453 e. The maximum Gasteiger partial charge on any atom is 0.519 e. The van der Waals surface area contributed by atoms with E-state index >= 15 is 0 Å². The molecule has 0 radical (unpaired) electrons. The molecule has 0 saturated heterocycles. The molecule has 0 saturated carbocycles. The second kappa shape index (κ2) is 14.0. The summed E-state index contributed by atoms with van der Waals surface area (Å²) >= 11 is 6.47. The van der Waals surface area contributed by atoms with Crippen LogP contribution in [0.1, 0.15) is 60.1 Å². The summed E-state index contributed by atoms with van der Waals surface area (Å²) in [6.07, 6.45) is 1.20. The number of tetrazole rings is 1. The van der Waals surface area contributed by atoms with Crippen LogP contribution in [0.2, 0.25) is 5.15 Å². The fourth-order valence-electron chi connectivity index (χ4n) is 4.78. The van der Waals surface area contributed by atoms with E-state index in [2.05, 4.69) is 30.4 Å². The molecule has 0 fully saturated rings. The highest BCUT2D eigenvalue weighted by Crippen LogP contribution is 2.30. The van der Waals surface area contributed by atoms with Gasteiger partial charge in [-0.15, -0.1) is 20.3 Å². The molecule has 0 aliphatic heterocycles. The summed E-state index contributed by atoms with van der Waals surface area (Å²) in [6.45, 7) is 3.26. The number of imidazole rings is 1. The number of benzene rings is 2. The first kappa shape index (κ1) is 31.1. The normalized spacial score (nSPS) is 11.8. The van der Waals surface area contributed by atoms with Crippen molar-refractivity contribution in [2.24, 2.45) is 0 Å². The average molecular weight is 638 g/mol. The van der Waals surface area contributed by atoms with E-state index in [9.17, 15) is 19.7 Å². The van der Waals surface area contributed by atoms with Crippen LogP contribution < -0.4 is 5.82 Å². The third-order valence-corrected chi connectivity index (χ3v) is 7.13. The Kier molecular flexibility index (Phi) is 9.67. The fourth-order valence-corrected chi connectivity index (χ4v) is 5.06. The Hall–Kier alpha value is -5.31. The second-order valence-corrected chi connectivity index (χ2v) is 10.4. The maximum absolute atomic E-state index is 13.4. The number of aromatic amines is 1. The molecule has 5 rings (SSSR count). The monoisotopic (exact) mass is 637 g/mol. The molecule has 16 heteroatoms. The van der Waals surface area contributed by atoms with Gasteiger partial charge in [-0.25, -0.2) is 14.6 Å². The lowest BCUT2D eigenvalue weighted by atomic mass is 9.98. The quantitative estimate of drug-likeness (QED) is 0.0992. The number of carbonyl (C=O) groups is 1. The summed E-state index contributed by atoms with van der Waals surface area (Å²) < 4.78 is 17.2. The van der Waals surface area contributed by atoms with Crippen molar-refractivity contribution in [2.75, 3.05) is 0 Å². The van der Waals surface area contributed by atoms with Crippen molar-refractivity contribution in [3.63, 3.8) is 0 Å². The van der Waals surface area contributed by atoms with Crippen molar-refractivity contribution in [2.45, 2.75) is 58.8 Å². The number of esters is 1. The van der Waals surface area contributed by atoms with Crippen LogP contribution in [0.15, 0.2) is 62.2 Å². The summed E-state index contributed by atoms with van der Waals surface area (Å²) in [4.78, 5) is 44.6. The van der Waals surface area contributed by atoms with Crippen LogP contribution in [0.4, 0.5) is 0 Å². The molecule has 234 valence electrons. The summed E-state index contributed by atoms with van der Waals surface area (Å²) in [5.74, 6) is -0.888. The Labute approximate surface area is 260 Å². The van der Waals surface area contributed by atoms with Gasteiger partial charge in [0.15, 0.2) is 29.0 Å². The van der Waals surface area contributed by atoms with Gasteiger partial charge in [0.2, 0.25) is 5.82 Å². The van der Waals surface area contributed by atoms with Gasteiger partial charge in [0.05, 0.1) is 0 Å². The highest BCUT2D eigenvalue weighted by molar-refractivity contribution is 6.32. The van der Waals surface area contributed by atoms with E-state index in [-0.39, 0.29) is 35.3 Å². The SMILES string of the molecule is CCCCc1nc(Cl)c(C(=O)OCc2oc(=O)oc2C[C@H](C)O[N+](=O)[O-])n1Cc1ccc(-c2ccccc2-c2nn[nH]n2)cc1. The Morgan fingerprint density at radius 3 is 2.56 bits per heavy atom. The molecule has 45 heavy (non-hydrogen) atoms. The highest BCUT2D eigenvalue weighted by atomic mass is 35.5. The summed E-state index contributed by atoms with van der Waals surface area (Å²) in [5, 5.41) is 24.0. The Morgan fingerprint density at radius 2 is 1.87 bits per heavy atom. The van der Waals surface area contributed by atoms with Gasteiger partial charge in [0, 0.05) is 24.9 Å². The Bertz CT molecular complexity index is 1830. The number of unbranched alkanes of at least 4 members (excludes halogenated alkanes) is 1. The number of nitrogens with one attached hydrogen (secondary N) is 1. The molecule has 0 unspecified atom stereocenters. The largest absolute Gasteiger partial charge is 0.519 e. The van der Waals surface area contributed by atoms with Gasteiger partial charge in [-0.1, -0.05) is 73.5 Å².